The van der Waals surface area contributed by atoms with Crippen molar-refractivity contribution in [2.45, 2.75) is 61.1 Å². The second-order valence-corrected chi connectivity index (χ2v) is 13.9. The van der Waals surface area contributed by atoms with Gasteiger partial charge in [0, 0.05) is 19.6 Å². The van der Waals surface area contributed by atoms with Gasteiger partial charge in [-0.15, -0.1) is 0 Å². The zero-order valence-electron chi connectivity index (χ0n) is 24.1. The Hall–Kier alpha value is -3.07. The molecule has 0 aliphatic carbocycles. The van der Waals surface area contributed by atoms with Gasteiger partial charge in [-0.05, 0) is 59.7 Å². The van der Waals surface area contributed by atoms with Gasteiger partial charge < -0.3 is 0 Å². The number of fused-ring (bicyclic) bond motifs is 4. The molecule has 0 saturated carbocycles. The fraction of sp³-hybridized carbons (Fsp3) is 0.167. The summed E-state index contributed by atoms with van der Waals surface area (Å²) in [7, 11) is 0. The lowest BCUT2D eigenvalue weighted by molar-refractivity contribution is 1.32. The van der Waals surface area contributed by atoms with Crippen molar-refractivity contribution < 1.29 is 0 Å². The molecule has 0 aromatic heterocycles. The van der Waals surface area contributed by atoms with Gasteiger partial charge in [-0.25, -0.2) is 0 Å². The van der Waals surface area contributed by atoms with E-state index < -0.39 is 0 Å². The SMILES string of the molecule is Cc1cc(C)c(B2c3ccccc3Sc3cc4c(cc32)B(c2c(C)cc(C)cc2C)c2ccccc2S4)c(C)c1. The van der Waals surface area contributed by atoms with Crippen LogP contribution >= 0.6 is 23.5 Å². The van der Waals surface area contributed by atoms with Crippen LogP contribution in [-0.2, 0) is 0 Å². The molecule has 5 aromatic rings. The topological polar surface area (TPSA) is 0 Å². The van der Waals surface area contributed by atoms with Crippen LogP contribution in [0.25, 0.3) is 0 Å². The fourth-order valence-corrected chi connectivity index (χ4v) is 9.73. The molecule has 0 amide bonds. The van der Waals surface area contributed by atoms with Crippen molar-refractivity contribution in [3.63, 3.8) is 0 Å². The van der Waals surface area contributed by atoms with E-state index in [1.54, 1.807) is 0 Å². The Kier molecular flexibility index (Phi) is 6.33. The second kappa shape index (κ2) is 9.79. The first-order chi connectivity index (χ1) is 19.3. The number of hydrogen-bond acceptors (Lipinski definition) is 2. The van der Waals surface area contributed by atoms with Crippen LogP contribution in [0.4, 0.5) is 0 Å². The molecule has 2 aliphatic rings. The van der Waals surface area contributed by atoms with Crippen LogP contribution in [0.3, 0.4) is 0 Å². The summed E-state index contributed by atoms with van der Waals surface area (Å²) in [5.41, 5.74) is 16.9. The number of rotatable bonds is 2. The fourth-order valence-electron chi connectivity index (χ4n) is 7.33. The molecule has 5 aromatic carbocycles. The summed E-state index contributed by atoms with van der Waals surface area (Å²) < 4.78 is 0. The maximum atomic E-state index is 2.59. The molecule has 0 spiro atoms. The summed E-state index contributed by atoms with van der Waals surface area (Å²) in [6, 6.07) is 32.6. The molecule has 0 bridgehead atoms. The molecular weight excluding hydrogens is 518 g/mol. The average molecular weight is 550 g/mol. The van der Waals surface area contributed by atoms with Crippen LogP contribution in [0.1, 0.15) is 33.4 Å². The molecule has 2 aliphatic heterocycles. The maximum Gasteiger partial charge on any atom is 0.244 e. The van der Waals surface area contributed by atoms with Crippen LogP contribution in [-0.4, -0.2) is 13.4 Å². The lowest BCUT2D eigenvalue weighted by Gasteiger charge is -2.33. The van der Waals surface area contributed by atoms with Crippen LogP contribution in [0, 0.1) is 41.5 Å². The number of aryl methyl sites for hydroxylation is 6. The second-order valence-electron chi connectivity index (χ2n) is 11.7. The smallest absolute Gasteiger partial charge is 0.0911 e. The van der Waals surface area contributed by atoms with Crippen molar-refractivity contribution in [2.75, 3.05) is 0 Å². The molecule has 7 rings (SSSR count). The molecule has 0 unspecified atom stereocenters. The van der Waals surface area contributed by atoms with E-state index in [9.17, 15) is 0 Å². The Morgan fingerprint density at radius 1 is 0.400 bits per heavy atom. The summed E-state index contributed by atoms with van der Waals surface area (Å²) >= 11 is 3.88. The maximum absolute atomic E-state index is 2.59. The van der Waals surface area contributed by atoms with Gasteiger partial charge in [0.25, 0.3) is 0 Å². The van der Waals surface area contributed by atoms with Crippen LogP contribution in [0.5, 0.6) is 0 Å². The summed E-state index contributed by atoms with van der Waals surface area (Å²) in [6.07, 6.45) is 0. The minimum absolute atomic E-state index is 0.224. The van der Waals surface area contributed by atoms with Crippen molar-refractivity contribution in [1.29, 1.82) is 0 Å². The van der Waals surface area contributed by atoms with Crippen molar-refractivity contribution in [3.05, 3.63) is 118 Å². The van der Waals surface area contributed by atoms with E-state index in [0.717, 1.165) is 0 Å². The third kappa shape index (κ3) is 4.11. The van der Waals surface area contributed by atoms with Gasteiger partial charge in [-0.2, -0.15) is 0 Å². The first-order valence-corrected chi connectivity index (χ1v) is 15.8. The molecule has 0 radical (unpaired) electrons. The largest absolute Gasteiger partial charge is 0.244 e. The molecule has 194 valence electrons. The lowest BCUT2D eigenvalue weighted by atomic mass is 9.32. The first kappa shape index (κ1) is 25.9. The standard InChI is InChI=1S/C36H32B2S2/c1-21-15-23(3)35(24(4)16-21)37-27-11-7-9-13-31(27)39-33-20-34-30(19-29(33)37)38(28-12-8-10-14-32(28)40-34)36-25(5)17-22(2)18-26(36)6/h7-20H,1-6H3. The monoisotopic (exact) mass is 550 g/mol. The number of benzene rings is 5. The highest BCUT2D eigenvalue weighted by Crippen LogP contribution is 2.36. The van der Waals surface area contributed by atoms with Gasteiger partial charge in [-0.3, -0.25) is 0 Å². The highest BCUT2D eigenvalue weighted by molar-refractivity contribution is 8.01. The minimum Gasteiger partial charge on any atom is -0.0911 e. The van der Waals surface area contributed by atoms with Crippen molar-refractivity contribution >= 4 is 69.7 Å². The molecule has 40 heavy (non-hydrogen) atoms. The zero-order valence-corrected chi connectivity index (χ0v) is 25.7. The summed E-state index contributed by atoms with van der Waals surface area (Å²) in [5.74, 6) is 0. The van der Waals surface area contributed by atoms with Crippen LogP contribution < -0.4 is 32.8 Å². The summed E-state index contributed by atoms with van der Waals surface area (Å²) in [6.45, 7) is 14.1. The van der Waals surface area contributed by atoms with E-state index in [4.69, 9.17) is 0 Å². The zero-order chi connectivity index (χ0) is 27.7. The average Bonchev–Trinajstić information content (AvgIpc) is 2.90. The Bertz CT molecular complexity index is 1660. The molecule has 0 nitrogen and oxygen atoms in total. The highest BCUT2D eigenvalue weighted by Gasteiger charge is 2.38. The molecule has 0 N–H and O–H groups in total. The van der Waals surface area contributed by atoms with Gasteiger partial charge in [0.1, 0.15) is 0 Å². The van der Waals surface area contributed by atoms with Gasteiger partial charge in [0.15, 0.2) is 0 Å². The van der Waals surface area contributed by atoms with Crippen LogP contribution in [0.2, 0.25) is 0 Å². The van der Waals surface area contributed by atoms with E-state index in [1.807, 2.05) is 23.5 Å². The third-order valence-corrected chi connectivity index (χ3v) is 11.0. The minimum atomic E-state index is 0.224. The Morgan fingerprint density at radius 3 is 1.18 bits per heavy atom. The highest BCUT2D eigenvalue weighted by atomic mass is 32.2. The Labute approximate surface area is 248 Å². The van der Waals surface area contributed by atoms with Crippen LogP contribution in [0.15, 0.2) is 105 Å². The molecule has 2 heterocycles. The molecule has 4 heteroatoms. The van der Waals surface area contributed by atoms with Gasteiger partial charge in [0.05, 0.1) is 0 Å². The molecule has 0 saturated heterocycles. The van der Waals surface area contributed by atoms with E-state index >= 15 is 0 Å². The lowest BCUT2D eigenvalue weighted by Crippen LogP contribution is -2.61. The van der Waals surface area contributed by atoms with Crippen molar-refractivity contribution in [2.24, 2.45) is 0 Å². The van der Waals surface area contributed by atoms with E-state index in [-0.39, 0.29) is 13.4 Å². The normalized spacial score (nSPS) is 13.4. The quantitative estimate of drug-likeness (QED) is 0.261. The third-order valence-electron chi connectivity index (χ3n) is 8.72. The Balaban J connectivity index is 1.52. The van der Waals surface area contributed by atoms with E-state index in [1.165, 1.54) is 85.7 Å². The van der Waals surface area contributed by atoms with Gasteiger partial charge in [0.2, 0.25) is 13.4 Å². The predicted molar refractivity (Wildman–Crippen MR) is 178 cm³/mol. The van der Waals surface area contributed by atoms with Crippen molar-refractivity contribution in [1.82, 2.24) is 0 Å². The molecule has 0 fully saturated rings. The molecular formula is C36H32B2S2. The summed E-state index contributed by atoms with van der Waals surface area (Å²) in [4.78, 5) is 5.54. The number of hydrogen-bond donors (Lipinski definition) is 0. The van der Waals surface area contributed by atoms with Crippen molar-refractivity contribution in [3.8, 4) is 0 Å². The van der Waals surface area contributed by atoms with Gasteiger partial charge in [-0.1, -0.05) is 156 Å². The molecule has 0 atom stereocenters. The predicted octanol–water partition coefficient (Wildman–Crippen LogP) is 5.50. The van der Waals surface area contributed by atoms with E-state index in [2.05, 4.69) is 126 Å². The first-order valence-electron chi connectivity index (χ1n) is 14.2. The Morgan fingerprint density at radius 2 is 0.775 bits per heavy atom. The summed E-state index contributed by atoms with van der Waals surface area (Å²) in [5, 5.41) is 0. The van der Waals surface area contributed by atoms with E-state index in [0.29, 0.717) is 0 Å². The van der Waals surface area contributed by atoms with Gasteiger partial charge >= 0.3 is 0 Å².